The van der Waals surface area contributed by atoms with Gasteiger partial charge in [0.05, 0.1) is 18.0 Å². The predicted octanol–water partition coefficient (Wildman–Crippen LogP) is 3.73. The van der Waals surface area contributed by atoms with Gasteiger partial charge >= 0.3 is 0 Å². The first-order valence-corrected chi connectivity index (χ1v) is 9.85. The van der Waals surface area contributed by atoms with Crippen LogP contribution in [0.3, 0.4) is 0 Å². The summed E-state index contributed by atoms with van der Waals surface area (Å²) in [7, 11) is 1.60. The first-order chi connectivity index (χ1) is 15.1. The molecule has 7 nitrogen and oxygen atoms in total. The van der Waals surface area contributed by atoms with E-state index in [1.807, 2.05) is 36.4 Å². The van der Waals surface area contributed by atoms with Gasteiger partial charge in [-0.2, -0.15) is 0 Å². The molecule has 3 aromatic rings. The Balaban J connectivity index is 1.55. The number of rotatable bonds is 6. The number of nitrogens with two attached hydrogens (primary N) is 1. The van der Waals surface area contributed by atoms with Crippen LogP contribution in [0.5, 0.6) is 0 Å². The van der Waals surface area contributed by atoms with Crippen molar-refractivity contribution in [3.05, 3.63) is 89.6 Å². The molecule has 0 fully saturated rings. The summed E-state index contributed by atoms with van der Waals surface area (Å²) >= 11 is 0. The van der Waals surface area contributed by atoms with E-state index in [-0.39, 0.29) is 12.5 Å². The van der Waals surface area contributed by atoms with Crippen LogP contribution in [-0.4, -0.2) is 31.0 Å². The third-order valence-electron chi connectivity index (χ3n) is 5.05. The number of amides is 1. The topological polar surface area (TPSA) is 109 Å². The van der Waals surface area contributed by atoms with Crippen molar-refractivity contribution in [3.63, 3.8) is 0 Å². The molecule has 0 aliphatic carbocycles. The molecule has 31 heavy (non-hydrogen) atoms. The summed E-state index contributed by atoms with van der Waals surface area (Å²) in [6.07, 6.45) is -0.837. The number of fused-ring (bicyclic) bond motifs is 1. The maximum absolute atomic E-state index is 12.5. The van der Waals surface area contributed by atoms with Crippen LogP contribution in [0, 0.1) is 0 Å². The predicted molar refractivity (Wildman–Crippen MR) is 124 cm³/mol. The van der Waals surface area contributed by atoms with E-state index < -0.39 is 6.23 Å². The fourth-order valence-corrected chi connectivity index (χ4v) is 3.55. The maximum Gasteiger partial charge on any atom is 0.255 e. The average molecular weight is 416 g/mol. The summed E-state index contributed by atoms with van der Waals surface area (Å²) in [4.78, 5) is 12.5. The lowest BCUT2D eigenvalue weighted by molar-refractivity contribution is 0.102. The number of anilines is 4. The van der Waals surface area contributed by atoms with Crippen LogP contribution in [0.15, 0.2) is 78.5 Å². The molecule has 0 radical (unpaired) electrons. The van der Waals surface area contributed by atoms with Crippen LogP contribution in [0.25, 0.3) is 5.57 Å². The third-order valence-corrected chi connectivity index (χ3v) is 5.05. The van der Waals surface area contributed by atoms with Crippen LogP contribution < -0.4 is 21.7 Å². The molecule has 158 valence electrons. The number of aliphatic hydroxyl groups is 1. The first kappa shape index (κ1) is 20.5. The van der Waals surface area contributed by atoms with Gasteiger partial charge in [-0.15, -0.1) is 0 Å². The van der Waals surface area contributed by atoms with Crippen LogP contribution >= 0.6 is 0 Å². The van der Waals surface area contributed by atoms with Gasteiger partial charge in [0.25, 0.3) is 5.91 Å². The Morgan fingerprint density at radius 2 is 1.74 bits per heavy atom. The first-order valence-electron chi connectivity index (χ1n) is 9.85. The SMILES string of the molecule is COC/C(Nc1ccc(C(=O)Nc2ccccc2N)cc1)=C1\c2ccccc2NC1O. The molecular formula is C24H24N4O3. The molecule has 1 unspecified atom stereocenters. The highest BCUT2D eigenvalue weighted by atomic mass is 16.5. The standard InChI is InChI=1S/C24H24N4O3/c1-31-14-21(22-17-6-2-4-8-19(17)27-24(22)30)26-16-12-10-15(11-13-16)23(29)28-20-9-5-3-7-18(20)25/h2-13,24,26-27,30H,14,25H2,1H3,(H,28,29)/b22-21-. The molecule has 3 aromatic carbocycles. The second kappa shape index (κ2) is 8.91. The zero-order chi connectivity index (χ0) is 21.8. The molecule has 0 saturated carbocycles. The molecule has 7 heteroatoms. The minimum atomic E-state index is -0.837. The Morgan fingerprint density at radius 3 is 2.48 bits per heavy atom. The number of hydrogen-bond donors (Lipinski definition) is 5. The Labute approximate surface area is 180 Å². The number of carbonyl (C=O) groups excluding carboxylic acids is 1. The van der Waals surface area contributed by atoms with Gasteiger partial charge in [-0.25, -0.2) is 0 Å². The van der Waals surface area contributed by atoms with Crippen molar-refractivity contribution in [2.24, 2.45) is 0 Å². The largest absolute Gasteiger partial charge is 0.397 e. The van der Waals surface area contributed by atoms with E-state index in [2.05, 4.69) is 16.0 Å². The molecule has 0 spiro atoms. The van der Waals surface area contributed by atoms with Crippen molar-refractivity contribution in [1.82, 2.24) is 0 Å². The Hall–Kier alpha value is -3.81. The van der Waals surface area contributed by atoms with Crippen molar-refractivity contribution >= 4 is 34.2 Å². The second-order valence-corrected chi connectivity index (χ2v) is 7.16. The minimum absolute atomic E-state index is 0.246. The monoisotopic (exact) mass is 416 g/mol. The number of hydrogen-bond acceptors (Lipinski definition) is 6. The van der Waals surface area contributed by atoms with Gasteiger partial charge in [0, 0.05) is 40.9 Å². The second-order valence-electron chi connectivity index (χ2n) is 7.16. The molecule has 0 bridgehead atoms. The molecular weight excluding hydrogens is 392 g/mol. The Morgan fingerprint density at radius 1 is 1.03 bits per heavy atom. The van der Waals surface area contributed by atoms with Gasteiger partial charge in [0.1, 0.15) is 0 Å². The van der Waals surface area contributed by atoms with E-state index in [4.69, 9.17) is 10.5 Å². The van der Waals surface area contributed by atoms with Crippen molar-refractivity contribution in [3.8, 4) is 0 Å². The van der Waals surface area contributed by atoms with Crippen molar-refractivity contribution < 1.29 is 14.6 Å². The van der Waals surface area contributed by atoms with Gasteiger partial charge in [-0.3, -0.25) is 4.79 Å². The number of ether oxygens (including phenoxy) is 1. The van der Waals surface area contributed by atoms with Crippen LogP contribution in [0.4, 0.5) is 22.7 Å². The Bertz CT molecular complexity index is 1130. The van der Waals surface area contributed by atoms with Crippen LogP contribution in [-0.2, 0) is 4.74 Å². The van der Waals surface area contributed by atoms with Gasteiger partial charge in [-0.1, -0.05) is 30.3 Å². The summed E-state index contributed by atoms with van der Waals surface area (Å²) in [6.45, 7) is 0.290. The van der Waals surface area contributed by atoms with Crippen molar-refractivity contribution in [2.75, 3.05) is 35.4 Å². The number of methoxy groups -OCH3 is 1. The lowest BCUT2D eigenvalue weighted by atomic mass is 10.0. The summed E-state index contributed by atoms with van der Waals surface area (Å²) < 4.78 is 5.36. The molecule has 1 aliphatic rings. The van der Waals surface area contributed by atoms with Gasteiger partial charge < -0.3 is 31.5 Å². The summed E-state index contributed by atoms with van der Waals surface area (Å²) in [5.41, 5.74) is 11.5. The highest BCUT2D eigenvalue weighted by Gasteiger charge is 2.27. The zero-order valence-corrected chi connectivity index (χ0v) is 17.1. The van der Waals surface area contributed by atoms with E-state index in [1.165, 1.54) is 0 Å². The molecule has 6 N–H and O–H groups in total. The summed E-state index contributed by atoms with van der Waals surface area (Å²) in [5, 5.41) is 19.7. The van der Waals surface area contributed by atoms with Crippen molar-refractivity contribution in [2.45, 2.75) is 6.23 Å². The maximum atomic E-state index is 12.5. The Kier molecular flexibility index (Phi) is 5.88. The molecule has 1 atom stereocenters. The van der Waals surface area contributed by atoms with E-state index >= 15 is 0 Å². The summed E-state index contributed by atoms with van der Waals surface area (Å²) in [5.74, 6) is -0.246. The molecule has 1 heterocycles. The summed E-state index contributed by atoms with van der Waals surface area (Å²) in [6, 6.07) is 21.9. The van der Waals surface area contributed by atoms with E-state index in [0.29, 0.717) is 16.9 Å². The number of nitrogens with one attached hydrogen (secondary N) is 3. The van der Waals surface area contributed by atoms with Crippen molar-refractivity contribution in [1.29, 1.82) is 0 Å². The van der Waals surface area contributed by atoms with E-state index in [0.717, 1.165) is 28.2 Å². The minimum Gasteiger partial charge on any atom is -0.397 e. The lowest BCUT2D eigenvalue weighted by Gasteiger charge is -2.17. The number of aliphatic hydroxyl groups excluding tert-OH is 1. The molecule has 1 amide bonds. The molecule has 0 saturated heterocycles. The fraction of sp³-hybridized carbons (Fsp3) is 0.125. The average Bonchev–Trinajstić information content (AvgIpc) is 3.11. The number of para-hydroxylation sites is 3. The van der Waals surface area contributed by atoms with E-state index in [9.17, 15) is 9.90 Å². The smallest absolute Gasteiger partial charge is 0.255 e. The van der Waals surface area contributed by atoms with Crippen LogP contribution in [0.1, 0.15) is 15.9 Å². The number of benzene rings is 3. The normalized spacial score (nSPS) is 16.3. The third kappa shape index (κ3) is 4.37. The van der Waals surface area contributed by atoms with Gasteiger partial charge in [0.15, 0.2) is 6.23 Å². The molecule has 1 aliphatic heterocycles. The quantitative estimate of drug-likeness (QED) is 0.392. The molecule has 4 rings (SSSR count). The van der Waals surface area contributed by atoms with Gasteiger partial charge in [-0.05, 0) is 42.5 Å². The highest BCUT2D eigenvalue weighted by molar-refractivity contribution is 6.05. The lowest BCUT2D eigenvalue weighted by Crippen LogP contribution is -2.18. The van der Waals surface area contributed by atoms with Crippen LogP contribution in [0.2, 0.25) is 0 Å². The molecule has 0 aromatic heterocycles. The number of carbonyl (C=O) groups is 1. The number of nitrogen functional groups attached to an aromatic ring is 1. The van der Waals surface area contributed by atoms with Gasteiger partial charge in [0.2, 0.25) is 0 Å². The highest BCUT2D eigenvalue weighted by Crippen LogP contribution is 2.36. The van der Waals surface area contributed by atoms with E-state index in [1.54, 1.807) is 43.5 Å². The fourth-order valence-electron chi connectivity index (χ4n) is 3.55. The zero-order valence-electron chi connectivity index (χ0n) is 17.1.